The van der Waals surface area contributed by atoms with Crippen molar-refractivity contribution in [3.63, 3.8) is 0 Å². The van der Waals surface area contributed by atoms with E-state index < -0.39 is 0 Å². The number of hydrogen-bond donors (Lipinski definition) is 0. The molecular weight excluding hydrogens is 324 g/mol. The second kappa shape index (κ2) is 5.17. The van der Waals surface area contributed by atoms with Gasteiger partial charge in [-0.3, -0.25) is 0 Å². The normalized spacial score (nSPS) is 15.3. The maximum Gasteiger partial charge on any atom is 0.161 e. The number of aryl methyl sites for hydroxylation is 2. The molecule has 2 heterocycles. The van der Waals surface area contributed by atoms with E-state index in [2.05, 4.69) is 48.0 Å². The van der Waals surface area contributed by atoms with E-state index in [1.807, 2.05) is 17.4 Å². The first-order chi connectivity index (χ1) is 9.15. The first-order valence-corrected chi connectivity index (χ1v) is 7.99. The van der Waals surface area contributed by atoms with Crippen molar-refractivity contribution in [1.82, 2.24) is 0 Å². The molecule has 0 amide bonds. The molecule has 1 aliphatic rings. The van der Waals surface area contributed by atoms with E-state index in [9.17, 15) is 0 Å². The lowest BCUT2D eigenvalue weighted by atomic mass is 10.1. The quantitative estimate of drug-likeness (QED) is 0.744. The molecule has 4 heteroatoms. The highest BCUT2D eigenvalue weighted by molar-refractivity contribution is 9.09. The highest BCUT2D eigenvalue weighted by Crippen LogP contribution is 2.40. The maximum atomic E-state index is 5.64. The van der Waals surface area contributed by atoms with Crippen LogP contribution in [0.5, 0.6) is 11.5 Å². The number of hydrogen-bond acceptors (Lipinski definition) is 3. The first-order valence-electron chi connectivity index (χ1n) is 6.25. The summed E-state index contributed by atoms with van der Waals surface area (Å²) in [7, 11) is 0. The topological polar surface area (TPSA) is 18.5 Å². The number of ether oxygens (including phenoxy) is 2. The van der Waals surface area contributed by atoms with Gasteiger partial charge in [0.1, 0.15) is 13.2 Å². The second-order valence-electron chi connectivity index (χ2n) is 4.65. The van der Waals surface area contributed by atoms with Gasteiger partial charge in [-0.15, -0.1) is 11.3 Å². The fraction of sp³-hybridized carbons (Fsp3) is 0.333. The molecule has 0 radical (unpaired) electrons. The molecule has 100 valence electrons. The Kier molecular flexibility index (Phi) is 3.54. The fourth-order valence-electron chi connectivity index (χ4n) is 2.11. The van der Waals surface area contributed by atoms with Gasteiger partial charge in [-0.05, 0) is 43.2 Å². The van der Waals surface area contributed by atoms with Crippen LogP contribution in [0, 0.1) is 13.8 Å². The van der Waals surface area contributed by atoms with Crippen molar-refractivity contribution in [3.05, 3.63) is 45.1 Å². The Morgan fingerprint density at radius 1 is 1.11 bits per heavy atom. The van der Waals surface area contributed by atoms with Crippen LogP contribution in [0.25, 0.3) is 0 Å². The van der Waals surface area contributed by atoms with Crippen LogP contribution in [0.15, 0.2) is 24.3 Å². The second-order valence-corrected chi connectivity index (χ2v) is 6.86. The van der Waals surface area contributed by atoms with E-state index in [-0.39, 0.29) is 4.83 Å². The van der Waals surface area contributed by atoms with Gasteiger partial charge in [-0.2, -0.15) is 0 Å². The molecule has 0 fully saturated rings. The molecule has 1 aliphatic heterocycles. The molecule has 1 aromatic carbocycles. The van der Waals surface area contributed by atoms with Crippen molar-refractivity contribution < 1.29 is 9.47 Å². The molecule has 1 atom stereocenters. The number of rotatable bonds is 2. The van der Waals surface area contributed by atoms with Crippen molar-refractivity contribution in [3.8, 4) is 11.5 Å². The third-order valence-electron chi connectivity index (χ3n) is 3.29. The van der Waals surface area contributed by atoms with Crippen LogP contribution in [-0.4, -0.2) is 13.2 Å². The number of fused-ring (bicyclic) bond motifs is 1. The lowest BCUT2D eigenvalue weighted by molar-refractivity contribution is 0.171. The smallest absolute Gasteiger partial charge is 0.161 e. The Hall–Kier alpha value is -1.00. The number of benzene rings is 1. The van der Waals surface area contributed by atoms with Crippen LogP contribution in [0.3, 0.4) is 0 Å². The van der Waals surface area contributed by atoms with Crippen molar-refractivity contribution in [1.29, 1.82) is 0 Å². The molecule has 3 rings (SSSR count). The van der Waals surface area contributed by atoms with E-state index in [0.717, 1.165) is 11.5 Å². The zero-order chi connectivity index (χ0) is 13.4. The Bertz CT molecular complexity index is 587. The summed E-state index contributed by atoms with van der Waals surface area (Å²) in [5.74, 6) is 1.69. The SMILES string of the molecule is Cc1cc(C(Br)c2ccc3c(c2)OCCO3)sc1C. The zero-order valence-electron chi connectivity index (χ0n) is 10.9. The number of halogens is 1. The van der Waals surface area contributed by atoms with Gasteiger partial charge in [0.2, 0.25) is 0 Å². The van der Waals surface area contributed by atoms with Crippen LogP contribution in [0.2, 0.25) is 0 Å². The van der Waals surface area contributed by atoms with Crippen molar-refractivity contribution >= 4 is 27.3 Å². The highest BCUT2D eigenvalue weighted by Gasteiger charge is 2.18. The van der Waals surface area contributed by atoms with Crippen molar-refractivity contribution in [2.45, 2.75) is 18.7 Å². The Morgan fingerprint density at radius 3 is 2.53 bits per heavy atom. The third-order valence-corrected chi connectivity index (χ3v) is 5.84. The maximum absolute atomic E-state index is 5.64. The number of alkyl halides is 1. The molecular formula is C15H15BrO2S. The molecule has 2 aromatic rings. The first kappa shape index (κ1) is 13.0. The van der Waals surface area contributed by atoms with Crippen molar-refractivity contribution in [2.24, 2.45) is 0 Å². The van der Waals surface area contributed by atoms with Crippen LogP contribution in [0.1, 0.15) is 25.7 Å². The van der Waals surface area contributed by atoms with Gasteiger partial charge in [0.05, 0.1) is 4.83 Å². The summed E-state index contributed by atoms with van der Waals surface area (Å²) in [5.41, 5.74) is 2.55. The molecule has 0 aliphatic carbocycles. The molecule has 1 aromatic heterocycles. The van der Waals surface area contributed by atoms with Crippen LogP contribution in [0.4, 0.5) is 0 Å². The zero-order valence-corrected chi connectivity index (χ0v) is 13.3. The van der Waals surface area contributed by atoms with Gasteiger partial charge >= 0.3 is 0 Å². The monoisotopic (exact) mass is 338 g/mol. The van der Waals surface area contributed by atoms with E-state index in [1.54, 1.807) is 0 Å². The van der Waals surface area contributed by atoms with Crippen LogP contribution < -0.4 is 9.47 Å². The fourth-order valence-corrected chi connectivity index (χ4v) is 3.85. The van der Waals surface area contributed by atoms with Crippen LogP contribution >= 0.6 is 27.3 Å². The Labute approximate surface area is 125 Å². The average Bonchev–Trinajstić information content (AvgIpc) is 2.77. The van der Waals surface area contributed by atoms with Gasteiger partial charge in [0.15, 0.2) is 11.5 Å². The van der Waals surface area contributed by atoms with E-state index in [4.69, 9.17) is 9.47 Å². The minimum Gasteiger partial charge on any atom is -0.486 e. The Morgan fingerprint density at radius 2 is 1.84 bits per heavy atom. The molecule has 1 unspecified atom stereocenters. The minimum atomic E-state index is 0.209. The summed E-state index contributed by atoms with van der Waals surface area (Å²) in [5, 5.41) is 0. The molecule has 2 nitrogen and oxygen atoms in total. The standard InChI is InChI=1S/C15H15BrO2S/c1-9-7-14(19-10(9)2)15(16)11-3-4-12-13(8-11)18-6-5-17-12/h3-4,7-8,15H,5-6H2,1-2H3. The lowest BCUT2D eigenvalue weighted by Gasteiger charge is -2.19. The molecule has 19 heavy (non-hydrogen) atoms. The molecule has 0 saturated carbocycles. The summed E-state index contributed by atoms with van der Waals surface area (Å²) in [6, 6.07) is 8.40. The summed E-state index contributed by atoms with van der Waals surface area (Å²) in [4.78, 5) is 2.91. The number of thiophene rings is 1. The Balaban J connectivity index is 1.93. The van der Waals surface area contributed by atoms with Gasteiger partial charge in [-0.25, -0.2) is 0 Å². The average molecular weight is 339 g/mol. The molecule has 0 bridgehead atoms. The van der Waals surface area contributed by atoms with E-state index in [0.29, 0.717) is 13.2 Å². The summed E-state index contributed by atoms with van der Waals surface area (Å²) >= 11 is 5.62. The predicted molar refractivity (Wildman–Crippen MR) is 82.0 cm³/mol. The van der Waals surface area contributed by atoms with Gasteiger partial charge < -0.3 is 9.47 Å². The third kappa shape index (κ3) is 2.51. The van der Waals surface area contributed by atoms with Gasteiger partial charge in [-0.1, -0.05) is 22.0 Å². The predicted octanol–water partition coefficient (Wildman–Crippen LogP) is 4.62. The summed E-state index contributed by atoms with van der Waals surface area (Å²) < 4.78 is 11.2. The van der Waals surface area contributed by atoms with Crippen molar-refractivity contribution in [2.75, 3.05) is 13.2 Å². The van der Waals surface area contributed by atoms with Gasteiger partial charge in [0, 0.05) is 9.75 Å². The van der Waals surface area contributed by atoms with Crippen LogP contribution in [-0.2, 0) is 0 Å². The van der Waals surface area contributed by atoms with Gasteiger partial charge in [0.25, 0.3) is 0 Å². The highest BCUT2D eigenvalue weighted by atomic mass is 79.9. The summed E-state index contributed by atoms with van der Waals surface area (Å²) in [6.07, 6.45) is 0. The minimum absolute atomic E-state index is 0.209. The molecule has 0 spiro atoms. The van der Waals surface area contributed by atoms with E-state index >= 15 is 0 Å². The lowest BCUT2D eigenvalue weighted by Crippen LogP contribution is -2.15. The molecule has 0 N–H and O–H groups in total. The largest absolute Gasteiger partial charge is 0.486 e. The van der Waals surface area contributed by atoms with E-state index in [1.165, 1.54) is 20.9 Å². The summed E-state index contributed by atoms with van der Waals surface area (Å²) in [6.45, 7) is 5.57. The molecule has 0 saturated heterocycles.